The average Bonchev–Trinajstić information content (AvgIpc) is 2.41. The van der Waals surface area contributed by atoms with Gasteiger partial charge in [-0.25, -0.2) is 14.2 Å². The fourth-order valence-electron chi connectivity index (χ4n) is 1.58. The maximum absolute atomic E-state index is 12.7. The van der Waals surface area contributed by atoms with Gasteiger partial charge in [0.25, 0.3) is 0 Å². The number of carbonyl (C=O) groups excluding carboxylic acids is 1. The van der Waals surface area contributed by atoms with Crippen LogP contribution in [0.25, 0.3) is 0 Å². The highest BCUT2D eigenvalue weighted by molar-refractivity contribution is 5.88. The summed E-state index contributed by atoms with van der Waals surface area (Å²) in [5.74, 6) is -0.138. The van der Waals surface area contributed by atoms with Crippen LogP contribution in [0.3, 0.4) is 0 Å². The van der Waals surface area contributed by atoms with E-state index in [1.54, 1.807) is 4.90 Å². The lowest BCUT2D eigenvalue weighted by Gasteiger charge is -2.31. The molecule has 1 aromatic rings. The number of ether oxygens (including phenoxy) is 2. The quantitative estimate of drug-likeness (QED) is 0.858. The minimum absolute atomic E-state index is 0.306. The molecule has 1 fully saturated rings. The van der Waals surface area contributed by atoms with E-state index in [9.17, 15) is 9.18 Å². The van der Waals surface area contributed by atoms with Crippen molar-refractivity contribution in [3.05, 3.63) is 24.1 Å². The lowest BCUT2D eigenvalue weighted by atomic mass is 10.4. The van der Waals surface area contributed by atoms with E-state index in [1.807, 2.05) is 0 Å². The van der Waals surface area contributed by atoms with Gasteiger partial charge in [0, 0.05) is 13.7 Å². The van der Waals surface area contributed by atoms with Crippen molar-refractivity contribution in [3.63, 3.8) is 0 Å². The molecule has 1 N–H and O–H groups in total. The lowest BCUT2D eigenvalue weighted by molar-refractivity contribution is -0.155. The third-order valence-corrected chi connectivity index (χ3v) is 2.55. The number of nitrogens with one attached hydrogen (secondary N) is 1. The molecule has 0 aliphatic carbocycles. The topological polar surface area (TPSA) is 63.7 Å². The number of carbonyl (C=O) groups is 1. The highest BCUT2D eigenvalue weighted by Crippen LogP contribution is 2.09. The molecule has 18 heavy (non-hydrogen) atoms. The molecule has 0 bridgehead atoms. The minimum atomic E-state index is -0.446. The molecule has 2 rings (SSSR count). The summed E-state index contributed by atoms with van der Waals surface area (Å²) in [6.07, 6.45) is 0.637. The highest BCUT2D eigenvalue weighted by Gasteiger charge is 2.24. The monoisotopic (exact) mass is 255 g/mol. The van der Waals surface area contributed by atoms with Crippen LogP contribution in [-0.4, -0.2) is 49.0 Å². The van der Waals surface area contributed by atoms with Gasteiger partial charge in [0.05, 0.1) is 19.3 Å². The summed E-state index contributed by atoms with van der Waals surface area (Å²) in [4.78, 5) is 17.2. The highest BCUT2D eigenvalue weighted by atomic mass is 19.1. The third kappa shape index (κ3) is 3.14. The Morgan fingerprint density at radius 3 is 3.17 bits per heavy atom. The Balaban J connectivity index is 1.93. The number of pyridine rings is 1. The van der Waals surface area contributed by atoms with Crippen LogP contribution in [0.5, 0.6) is 0 Å². The van der Waals surface area contributed by atoms with E-state index >= 15 is 0 Å². The number of rotatable bonds is 2. The first-order valence-electron chi connectivity index (χ1n) is 5.51. The summed E-state index contributed by atoms with van der Waals surface area (Å²) >= 11 is 0. The molecule has 1 atom stereocenters. The Morgan fingerprint density at radius 2 is 2.50 bits per heavy atom. The van der Waals surface area contributed by atoms with Crippen LogP contribution >= 0.6 is 0 Å². The lowest BCUT2D eigenvalue weighted by Crippen LogP contribution is -2.48. The number of morpholine rings is 1. The maximum Gasteiger partial charge on any atom is 0.323 e. The van der Waals surface area contributed by atoms with Crippen molar-refractivity contribution in [2.45, 2.75) is 6.29 Å². The van der Waals surface area contributed by atoms with E-state index in [1.165, 1.54) is 19.2 Å². The predicted octanol–water partition coefficient (Wildman–Crippen LogP) is 1.06. The van der Waals surface area contributed by atoms with E-state index in [0.29, 0.717) is 25.5 Å². The summed E-state index contributed by atoms with van der Waals surface area (Å²) in [6, 6.07) is 2.33. The second-order valence-corrected chi connectivity index (χ2v) is 3.77. The molecule has 0 unspecified atom stereocenters. The molecule has 1 aliphatic heterocycles. The smallest absolute Gasteiger partial charge is 0.323 e. The van der Waals surface area contributed by atoms with Crippen molar-refractivity contribution >= 4 is 11.8 Å². The number of hydrogen-bond acceptors (Lipinski definition) is 4. The molecule has 1 aliphatic rings. The summed E-state index contributed by atoms with van der Waals surface area (Å²) in [7, 11) is 1.52. The van der Waals surface area contributed by atoms with Gasteiger partial charge in [0.2, 0.25) is 0 Å². The average molecular weight is 255 g/mol. The maximum atomic E-state index is 12.7. The Bertz CT molecular complexity index is 412. The van der Waals surface area contributed by atoms with E-state index < -0.39 is 12.1 Å². The van der Waals surface area contributed by atoms with E-state index in [2.05, 4.69) is 10.3 Å². The normalized spacial score (nSPS) is 19.7. The molecule has 6 nitrogen and oxygen atoms in total. The van der Waals surface area contributed by atoms with Gasteiger partial charge in [0.15, 0.2) is 6.29 Å². The molecule has 0 aromatic carbocycles. The summed E-state index contributed by atoms with van der Waals surface area (Å²) in [6.45, 7) is 1.25. The summed E-state index contributed by atoms with van der Waals surface area (Å²) < 4.78 is 22.9. The Morgan fingerprint density at radius 1 is 1.67 bits per heavy atom. The van der Waals surface area contributed by atoms with Crippen molar-refractivity contribution in [3.8, 4) is 0 Å². The van der Waals surface area contributed by atoms with E-state index in [-0.39, 0.29) is 6.03 Å². The first-order valence-corrected chi connectivity index (χ1v) is 5.51. The molecule has 0 radical (unpaired) electrons. The van der Waals surface area contributed by atoms with Crippen molar-refractivity contribution in [1.29, 1.82) is 0 Å². The Labute approximate surface area is 104 Å². The molecule has 0 saturated carbocycles. The third-order valence-electron chi connectivity index (χ3n) is 2.55. The molecule has 1 saturated heterocycles. The van der Waals surface area contributed by atoms with Gasteiger partial charge >= 0.3 is 6.03 Å². The standard InChI is InChI=1S/C11H14FN3O3/c1-17-10-7-15(4-5-18-10)11(16)14-9-3-2-8(12)6-13-9/h2-3,6,10H,4-5,7H2,1H3,(H,13,14,16)/t10-/m0/s1. The fourth-order valence-corrected chi connectivity index (χ4v) is 1.58. The zero-order valence-corrected chi connectivity index (χ0v) is 9.93. The van der Waals surface area contributed by atoms with Crippen LogP contribution in [0.4, 0.5) is 15.0 Å². The first kappa shape index (κ1) is 12.7. The molecule has 2 amide bonds. The molecule has 1 aromatic heterocycles. The van der Waals surface area contributed by atoms with Gasteiger partial charge in [-0.2, -0.15) is 0 Å². The second kappa shape index (κ2) is 5.74. The molecule has 98 valence electrons. The number of urea groups is 1. The minimum Gasteiger partial charge on any atom is -0.354 e. The van der Waals surface area contributed by atoms with Crippen LogP contribution in [0.1, 0.15) is 0 Å². The summed E-state index contributed by atoms with van der Waals surface area (Å²) in [5.41, 5.74) is 0. The van der Waals surface area contributed by atoms with E-state index in [0.717, 1.165) is 6.20 Å². The molecule has 7 heteroatoms. The second-order valence-electron chi connectivity index (χ2n) is 3.77. The number of halogens is 1. The Kier molecular flexibility index (Phi) is 4.06. The van der Waals surface area contributed by atoms with E-state index in [4.69, 9.17) is 9.47 Å². The van der Waals surface area contributed by atoms with Crippen molar-refractivity contribution in [1.82, 2.24) is 9.88 Å². The molecule has 2 heterocycles. The number of amides is 2. The molecule has 0 spiro atoms. The van der Waals surface area contributed by atoms with Gasteiger partial charge in [-0.3, -0.25) is 5.32 Å². The van der Waals surface area contributed by atoms with Crippen LogP contribution in [0.15, 0.2) is 18.3 Å². The number of anilines is 1. The van der Waals surface area contributed by atoms with Gasteiger partial charge in [-0.15, -0.1) is 0 Å². The Hall–Kier alpha value is -1.73. The molecular weight excluding hydrogens is 241 g/mol. The first-order chi connectivity index (χ1) is 8.69. The van der Waals surface area contributed by atoms with Crippen LogP contribution in [0, 0.1) is 5.82 Å². The number of nitrogens with zero attached hydrogens (tertiary/aromatic N) is 2. The zero-order chi connectivity index (χ0) is 13.0. The van der Waals surface area contributed by atoms with Gasteiger partial charge < -0.3 is 14.4 Å². The largest absolute Gasteiger partial charge is 0.354 e. The number of methoxy groups -OCH3 is 1. The fraction of sp³-hybridized carbons (Fsp3) is 0.455. The summed E-state index contributed by atoms with van der Waals surface area (Å²) in [5, 5.41) is 2.58. The SMILES string of the molecule is CO[C@@H]1CN(C(=O)Nc2ccc(F)cn2)CCO1. The van der Waals surface area contributed by atoms with Gasteiger partial charge in [-0.05, 0) is 12.1 Å². The van der Waals surface area contributed by atoms with Gasteiger partial charge in [-0.1, -0.05) is 0 Å². The number of hydrogen-bond donors (Lipinski definition) is 1. The van der Waals surface area contributed by atoms with Crippen molar-refractivity contribution in [2.24, 2.45) is 0 Å². The zero-order valence-electron chi connectivity index (χ0n) is 9.93. The predicted molar refractivity (Wildman–Crippen MR) is 61.5 cm³/mol. The van der Waals surface area contributed by atoms with Crippen molar-refractivity contribution in [2.75, 3.05) is 32.1 Å². The molecular formula is C11H14FN3O3. The van der Waals surface area contributed by atoms with Gasteiger partial charge in [0.1, 0.15) is 11.6 Å². The van der Waals surface area contributed by atoms with Crippen LogP contribution in [0.2, 0.25) is 0 Å². The number of aromatic nitrogens is 1. The van der Waals surface area contributed by atoms with Crippen LogP contribution in [-0.2, 0) is 9.47 Å². The van der Waals surface area contributed by atoms with Crippen molar-refractivity contribution < 1.29 is 18.7 Å². The van der Waals surface area contributed by atoms with Crippen LogP contribution < -0.4 is 5.32 Å².